The van der Waals surface area contributed by atoms with Crippen LogP contribution in [0.2, 0.25) is 0 Å². The molecule has 2 aromatic heterocycles. The first kappa shape index (κ1) is 32.7. The summed E-state index contributed by atoms with van der Waals surface area (Å²) in [7, 11) is 1.25. The molecule has 1 unspecified atom stereocenters. The van der Waals surface area contributed by atoms with E-state index in [2.05, 4.69) is 46.0 Å². The van der Waals surface area contributed by atoms with Gasteiger partial charge in [0.1, 0.15) is 11.6 Å². The van der Waals surface area contributed by atoms with Crippen molar-refractivity contribution in [3.8, 4) is 0 Å². The number of anilines is 2. The first-order chi connectivity index (χ1) is 19.9. The van der Waals surface area contributed by atoms with Crippen LogP contribution in [0.4, 0.5) is 29.6 Å². The Balaban J connectivity index is 1.90. The highest BCUT2D eigenvalue weighted by Gasteiger charge is 2.25. The molecule has 0 aliphatic rings. The number of alkyl carbamates (subject to hydrolysis) is 1. The number of hydrogen-bond acceptors (Lipinski definition) is 11. The quantitative estimate of drug-likeness (QED) is 0.114. The maximum absolute atomic E-state index is 15.8. The van der Waals surface area contributed by atoms with Gasteiger partial charge in [0.05, 0.1) is 52.9 Å². The van der Waals surface area contributed by atoms with Crippen molar-refractivity contribution in [2.45, 2.75) is 42.5 Å². The van der Waals surface area contributed by atoms with E-state index in [1.54, 1.807) is 6.07 Å². The monoisotopic (exact) mass is 620 g/mol. The van der Waals surface area contributed by atoms with Crippen LogP contribution in [0.5, 0.6) is 0 Å². The fourth-order valence-electron chi connectivity index (χ4n) is 3.22. The number of nitrogens with one attached hydrogen (secondary N) is 3. The number of carbonyl (C=O) groups is 1. The number of halogens is 3. The number of hydrogen-bond donors (Lipinski definition) is 4. The summed E-state index contributed by atoms with van der Waals surface area (Å²) < 4.78 is 55.5. The van der Waals surface area contributed by atoms with E-state index in [0.717, 1.165) is 12.1 Å². The molecule has 2 heterocycles. The van der Waals surface area contributed by atoms with Crippen LogP contribution in [0.15, 0.2) is 64.8 Å². The van der Waals surface area contributed by atoms with Gasteiger partial charge in [-0.25, -0.2) is 32.3 Å². The third-order valence-electron chi connectivity index (χ3n) is 5.30. The number of benzene rings is 1. The highest BCUT2D eigenvalue weighted by Crippen LogP contribution is 2.32. The first-order valence-electron chi connectivity index (χ1n) is 12.5. The maximum atomic E-state index is 15.8. The number of carbonyl (C=O) groups excluding carboxylic acids is 1. The summed E-state index contributed by atoms with van der Waals surface area (Å²) in [5.74, 6) is -2.16. The molecule has 1 aromatic carbocycles. The smallest absolute Gasteiger partial charge is 0.407 e. The molecular formula is C27H31F3N8O2S2. The lowest BCUT2D eigenvalue weighted by Gasteiger charge is -2.20. The number of pyridine rings is 1. The number of amides is 1. The fourth-order valence-corrected chi connectivity index (χ4v) is 4.49. The molecule has 0 bridgehead atoms. The first-order valence-corrected chi connectivity index (χ1v) is 14.1. The normalized spacial score (nSPS) is 13.2. The van der Waals surface area contributed by atoms with E-state index in [1.807, 2.05) is 20.8 Å². The van der Waals surface area contributed by atoms with Crippen LogP contribution in [0.25, 0.3) is 0 Å². The van der Waals surface area contributed by atoms with Gasteiger partial charge in [-0.15, -0.1) is 6.58 Å². The average Bonchev–Trinajstić information content (AvgIpc) is 2.95. The Kier molecular flexibility index (Phi) is 11.6. The number of rotatable bonds is 12. The van der Waals surface area contributed by atoms with Gasteiger partial charge in [-0.1, -0.05) is 12.1 Å². The van der Waals surface area contributed by atoms with Crippen molar-refractivity contribution >= 4 is 47.3 Å². The Morgan fingerprint density at radius 1 is 1.21 bits per heavy atom. The molecule has 0 fully saturated rings. The van der Waals surface area contributed by atoms with Crippen molar-refractivity contribution in [1.82, 2.24) is 20.3 Å². The molecule has 15 heteroatoms. The third-order valence-corrected chi connectivity index (χ3v) is 7.05. The van der Waals surface area contributed by atoms with Crippen molar-refractivity contribution in [2.75, 3.05) is 23.7 Å². The number of aromatic nitrogens is 3. The summed E-state index contributed by atoms with van der Waals surface area (Å²) in [5, 5.41) is 5.58. The lowest BCUT2D eigenvalue weighted by Crippen LogP contribution is -2.38. The molecule has 3 aromatic rings. The van der Waals surface area contributed by atoms with Gasteiger partial charge in [-0.2, -0.15) is 0 Å². The van der Waals surface area contributed by atoms with Gasteiger partial charge in [0, 0.05) is 23.7 Å². The number of ether oxygens (including phenoxy) is 1. The largest absolute Gasteiger partial charge is 0.453 e. The molecule has 42 heavy (non-hydrogen) atoms. The van der Waals surface area contributed by atoms with Crippen LogP contribution < -0.4 is 21.1 Å². The molecule has 224 valence electrons. The van der Waals surface area contributed by atoms with E-state index in [1.165, 1.54) is 49.8 Å². The van der Waals surface area contributed by atoms with Crippen molar-refractivity contribution in [2.24, 2.45) is 10.1 Å². The molecule has 0 saturated carbocycles. The lowest BCUT2D eigenvalue weighted by molar-refractivity contribution is 0.169. The van der Waals surface area contributed by atoms with Crippen molar-refractivity contribution in [1.29, 1.82) is 0 Å². The van der Waals surface area contributed by atoms with E-state index in [4.69, 9.17) is 5.73 Å². The third kappa shape index (κ3) is 9.09. The molecular weight excluding hydrogens is 589 g/mol. The van der Waals surface area contributed by atoms with Gasteiger partial charge in [-0.05, 0) is 62.9 Å². The summed E-state index contributed by atoms with van der Waals surface area (Å²) in [6.45, 7) is 9.68. The van der Waals surface area contributed by atoms with E-state index >= 15 is 4.39 Å². The number of methoxy groups -OCH3 is 1. The molecule has 0 aliphatic heterocycles. The summed E-state index contributed by atoms with van der Waals surface area (Å²) in [4.78, 5) is 23.9. The Bertz CT molecular complexity index is 1420. The van der Waals surface area contributed by atoms with Crippen LogP contribution >= 0.6 is 23.9 Å². The van der Waals surface area contributed by atoms with E-state index in [9.17, 15) is 13.6 Å². The fraction of sp³-hybridized carbons (Fsp3) is 0.296. The van der Waals surface area contributed by atoms with Gasteiger partial charge in [0.2, 0.25) is 5.95 Å². The van der Waals surface area contributed by atoms with Crippen LogP contribution in [0, 0.1) is 17.5 Å². The Hall–Kier alpha value is -3.82. The molecule has 0 spiro atoms. The second kappa shape index (κ2) is 14.9. The molecule has 0 saturated heterocycles. The van der Waals surface area contributed by atoms with Crippen molar-refractivity contribution < 1.29 is 22.7 Å². The van der Waals surface area contributed by atoms with Gasteiger partial charge in [0.25, 0.3) is 0 Å². The summed E-state index contributed by atoms with van der Waals surface area (Å²) in [5.41, 5.74) is 6.88. The molecule has 0 aliphatic carbocycles. The molecule has 5 N–H and O–H groups in total. The zero-order valence-corrected chi connectivity index (χ0v) is 25.0. The summed E-state index contributed by atoms with van der Waals surface area (Å²) >= 11 is 1.76. The molecule has 0 radical (unpaired) electrons. The minimum Gasteiger partial charge on any atom is -0.453 e. The second-order valence-corrected chi connectivity index (χ2v) is 12.0. The number of nitrogens with zero attached hydrogens (tertiary/aromatic N) is 4. The van der Waals surface area contributed by atoms with Gasteiger partial charge >= 0.3 is 6.09 Å². The number of nitrogens with two attached hydrogens (primary N) is 1. The van der Waals surface area contributed by atoms with Crippen LogP contribution in [0.1, 0.15) is 38.1 Å². The lowest BCUT2D eigenvalue weighted by atomic mass is 10.0. The van der Waals surface area contributed by atoms with Gasteiger partial charge < -0.3 is 25.8 Å². The predicted octanol–water partition coefficient (Wildman–Crippen LogP) is 5.67. The van der Waals surface area contributed by atoms with Crippen LogP contribution in [0.3, 0.4) is 0 Å². The molecule has 3 rings (SSSR count). The maximum Gasteiger partial charge on any atom is 0.407 e. The molecule has 2 atom stereocenters. The zero-order chi connectivity index (χ0) is 30.9. The van der Waals surface area contributed by atoms with E-state index in [0.29, 0.717) is 17.6 Å². The Labute approximate surface area is 250 Å². The highest BCUT2D eigenvalue weighted by molar-refractivity contribution is 8.00. The minimum atomic E-state index is -1.02. The minimum absolute atomic E-state index is 0.0269. The van der Waals surface area contributed by atoms with Crippen LogP contribution in [-0.2, 0) is 4.74 Å². The van der Waals surface area contributed by atoms with Gasteiger partial charge in [0.15, 0.2) is 5.82 Å². The summed E-state index contributed by atoms with van der Waals surface area (Å²) in [6.07, 6.45) is 4.83. The Morgan fingerprint density at radius 3 is 2.57 bits per heavy atom. The van der Waals surface area contributed by atoms with Gasteiger partial charge in [-0.3, -0.25) is 4.98 Å². The molecule has 10 nitrogen and oxygen atoms in total. The topological polar surface area (TPSA) is 139 Å². The van der Waals surface area contributed by atoms with Crippen molar-refractivity contribution in [3.63, 3.8) is 0 Å². The molecule has 1 amide bonds. The zero-order valence-electron chi connectivity index (χ0n) is 23.3. The van der Waals surface area contributed by atoms with E-state index < -0.39 is 35.6 Å². The highest BCUT2D eigenvalue weighted by atomic mass is 32.2. The SMILES string of the molecule is C=C[C@@H](CNc1nccc(C(N)/C(=N\SC(C)(C)C)c2cncc(NSc3c(F)cccc3F)c2F)n1)NC(=O)OC. The second-order valence-electron chi connectivity index (χ2n) is 9.63. The predicted molar refractivity (Wildman–Crippen MR) is 161 cm³/mol. The summed E-state index contributed by atoms with van der Waals surface area (Å²) in [6, 6.07) is 3.50. The average molecular weight is 621 g/mol. The standard InChI is InChI=1S/C27H31F3N8O2S2/c1-6-15(35-26(39)40-5)12-34-25-33-11-10-19(36-25)22(31)23(38-42-27(2,3)4)16-13-32-14-20(21(16)30)37-41-24-17(28)8-7-9-18(24)29/h6-11,13-15,22,37H,1,12,31H2,2-5H3,(H,35,39)(H,33,34,36)/b38-23-/t15-,22?/m0/s1. The Morgan fingerprint density at radius 2 is 1.93 bits per heavy atom. The van der Waals surface area contributed by atoms with Crippen LogP contribution in [-0.4, -0.2) is 51.2 Å². The van der Waals surface area contributed by atoms with E-state index in [-0.39, 0.29) is 39.1 Å². The van der Waals surface area contributed by atoms with Crippen molar-refractivity contribution in [3.05, 3.63) is 84.2 Å².